The Morgan fingerprint density at radius 3 is 2.76 bits per heavy atom. The molecular weight excluding hydrogens is 285 g/mol. The van der Waals surface area contributed by atoms with Crippen LogP contribution in [0.2, 0.25) is 0 Å². The van der Waals surface area contributed by atoms with Gasteiger partial charge in [-0.05, 0) is 52.7 Å². The molecule has 0 aliphatic rings. The van der Waals surface area contributed by atoms with E-state index in [0.717, 1.165) is 5.56 Å². The first-order valence-corrected chi connectivity index (χ1v) is 5.79. The van der Waals surface area contributed by atoms with Gasteiger partial charge >= 0.3 is 0 Å². The van der Waals surface area contributed by atoms with E-state index in [1.54, 1.807) is 18.3 Å². The first-order valence-electron chi connectivity index (χ1n) is 5.00. The van der Waals surface area contributed by atoms with Gasteiger partial charge < -0.3 is 0 Å². The Balaban J connectivity index is 2.44. The lowest BCUT2D eigenvalue weighted by Gasteiger charge is -2.04. The van der Waals surface area contributed by atoms with Crippen molar-refractivity contribution in [2.24, 2.45) is 0 Å². The fourth-order valence-electron chi connectivity index (χ4n) is 1.49. The lowest BCUT2D eigenvalue weighted by molar-refractivity contribution is 0.103. The van der Waals surface area contributed by atoms with E-state index in [2.05, 4.69) is 20.9 Å². The summed E-state index contributed by atoms with van der Waals surface area (Å²) in [6.07, 6.45) is 3.12. The highest BCUT2D eigenvalue weighted by atomic mass is 79.9. The van der Waals surface area contributed by atoms with E-state index in [1.807, 2.05) is 6.92 Å². The summed E-state index contributed by atoms with van der Waals surface area (Å²) in [7, 11) is 0. The summed E-state index contributed by atoms with van der Waals surface area (Å²) >= 11 is 3.05. The molecule has 0 aliphatic carbocycles. The van der Waals surface area contributed by atoms with Gasteiger partial charge in [0, 0.05) is 23.5 Å². The number of pyridine rings is 1. The first kappa shape index (κ1) is 11.9. The van der Waals surface area contributed by atoms with Crippen molar-refractivity contribution < 1.29 is 9.18 Å². The smallest absolute Gasteiger partial charge is 0.194 e. The topological polar surface area (TPSA) is 30.0 Å². The van der Waals surface area contributed by atoms with E-state index >= 15 is 0 Å². The summed E-state index contributed by atoms with van der Waals surface area (Å²) in [6, 6.07) is 6.08. The second-order valence-corrected chi connectivity index (χ2v) is 4.50. The molecule has 0 saturated carbocycles. The van der Waals surface area contributed by atoms with Crippen LogP contribution in [0.15, 0.2) is 41.1 Å². The normalized spacial score (nSPS) is 10.3. The van der Waals surface area contributed by atoms with Gasteiger partial charge in [-0.2, -0.15) is 0 Å². The van der Waals surface area contributed by atoms with E-state index < -0.39 is 5.82 Å². The fraction of sp³-hybridized carbons (Fsp3) is 0.0769. The number of benzene rings is 1. The van der Waals surface area contributed by atoms with Crippen LogP contribution in [0.3, 0.4) is 0 Å². The molecule has 2 aromatic rings. The third-order valence-corrected chi connectivity index (χ3v) is 3.11. The van der Waals surface area contributed by atoms with Gasteiger partial charge in [-0.25, -0.2) is 4.39 Å². The summed E-state index contributed by atoms with van der Waals surface area (Å²) in [5.41, 5.74) is 1.64. The first-order chi connectivity index (χ1) is 8.09. The number of aryl methyl sites for hydroxylation is 1. The highest BCUT2D eigenvalue weighted by Crippen LogP contribution is 2.19. The number of carbonyl (C=O) groups is 1. The lowest BCUT2D eigenvalue weighted by atomic mass is 10.0. The van der Waals surface area contributed by atoms with Gasteiger partial charge in [0.15, 0.2) is 5.78 Å². The molecule has 86 valence electrons. The second kappa shape index (κ2) is 4.75. The molecule has 0 bridgehead atoms. The van der Waals surface area contributed by atoms with Crippen LogP contribution in [-0.4, -0.2) is 10.8 Å². The molecule has 1 aromatic heterocycles. The van der Waals surface area contributed by atoms with Gasteiger partial charge in [0.05, 0.1) is 4.47 Å². The van der Waals surface area contributed by atoms with Gasteiger partial charge in [-0.1, -0.05) is 0 Å². The summed E-state index contributed by atoms with van der Waals surface area (Å²) in [6.45, 7) is 1.82. The number of rotatable bonds is 2. The van der Waals surface area contributed by atoms with E-state index in [1.165, 1.54) is 18.3 Å². The molecule has 4 heteroatoms. The lowest BCUT2D eigenvalue weighted by Crippen LogP contribution is -2.04. The van der Waals surface area contributed by atoms with Gasteiger partial charge in [-0.15, -0.1) is 0 Å². The number of ketones is 1. The van der Waals surface area contributed by atoms with Gasteiger partial charge in [0.1, 0.15) is 5.82 Å². The van der Waals surface area contributed by atoms with Crippen LogP contribution in [0.25, 0.3) is 0 Å². The number of halogens is 2. The number of hydrogen-bond donors (Lipinski definition) is 0. The van der Waals surface area contributed by atoms with Crippen molar-refractivity contribution in [1.82, 2.24) is 4.98 Å². The zero-order valence-electron chi connectivity index (χ0n) is 9.08. The number of hydrogen-bond acceptors (Lipinski definition) is 2. The van der Waals surface area contributed by atoms with Gasteiger partial charge in [-0.3, -0.25) is 9.78 Å². The zero-order chi connectivity index (χ0) is 12.4. The van der Waals surface area contributed by atoms with E-state index in [4.69, 9.17) is 0 Å². The highest BCUT2D eigenvalue weighted by molar-refractivity contribution is 9.10. The Morgan fingerprint density at radius 2 is 2.12 bits per heavy atom. The Kier molecular flexibility index (Phi) is 3.33. The quantitative estimate of drug-likeness (QED) is 0.793. The monoisotopic (exact) mass is 293 g/mol. The standard InChI is InChI=1S/C13H9BrFNO/c1-8-4-5-16-7-10(8)13(17)9-2-3-11(14)12(15)6-9/h2-7H,1H3. The summed E-state index contributed by atoms with van der Waals surface area (Å²) < 4.78 is 13.7. The average molecular weight is 294 g/mol. The van der Waals surface area contributed by atoms with E-state index in [0.29, 0.717) is 15.6 Å². The predicted octanol–water partition coefficient (Wildman–Crippen LogP) is 3.52. The largest absolute Gasteiger partial charge is 0.289 e. The molecule has 2 nitrogen and oxygen atoms in total. The second-order valence-electron chi connectivity index (χ2n) is 3.65. The van der Waals surface area contributed by atoms with E-state index in [9.17, 15) is 9.18 Å². The molecule has 0 saturated heterocycles. The number of aromatic nitrogens is 1. The molecule has 0 aliphatic heterocycles. The van der Waals surface area contributed by atoms with Crippen LogP contribution >= 0.6 is 15.9 Å². The molecule has 0 unspecified atom stereocenters. The maximum Gasteiger partial charge on any atom is 0.194 e. The number of nitrogens with zero attached hydrogens (tertiary/aromatic N) is 1. The van der Waals surface area contributed by atoms with Gasteiger partial charge in [0.2, 0.25) is 0 Å². The van der Waals surface area contributed by atoms with Crippen molar-refractivity contribution in [1.29, 1.82) is 0 Å². The average Bonchev–Trinajstić information content (AvgIpc) is 2.32. The van der Waals surface area contributed by atoms with Crippen molar-refractivity contribution >= 4 is 21.7 Å². The third kappa shape index (κ3) is 2.42. The molecular formula is C13H9BrFNO. The summed E-state index contributed by atoms with van der Waals surface area (Å²) in [5.74, 6) is -0.667. The molecule has 1 aromatic carbocycles. The van der Waals surface area contributed by atoms with Crippen molar-refractivity contribution in [2.75, 3.05) is 0 Å². The molecule has 0 N–H and O–H groups in total. The fourth-order valence-corrected chi connectivity index (χ4v) is 1.74. The van der Waals surface area contributed by atoms with Crippen molar-refractivity contribution in [3.8, 4) is 0 Å². The van der Waals surface area contributed by atoms with Crippen LogP contribution in [0.4, 0.5) is 4.39 Å². The Hall–Kier alpha value is -1.55. The van der Waals surface area contributed by atoms with Crippen LogP contribution < -0.4 is 0 Å². The van der Waals surface area contributed by atoms with Crippen LogP contribution in [0, 0.1) is 12.7 Å². The highest BCUT2D eigenvalue weighted by Gasteiger charge is 2.13. The Bertz CT molecular complexity index is 583. The third-order valence-electron chi connectivity index (χ3n) is 2.47. The molecule has 0 radical (unpaired) electrons. The van der Waals surface area contributed by atoms with E-state index in [-0.39, 0.29) is 5.78 Å². The van der Waals surface area contributed by atoms with Crippen molar-refractivity contribution in [3.63, 3.8) is 0 Å². The minimum atomic E-state index is -0.447. The predicted molar refractivity (Wildman–Crippen MR) is 66.5 cm³/mol. The maximum absolute atomic E-state index is 13.3. The molecule has 0 atom stereocenters. The van der Waals surface area contributed by atoms with Crippen LogP contribution in [0.1, 0.15) is 21.5 Å². The SMILES string of the molecule is Cc1ccncc1C(=O)c1ccc(Br)c(F)c1. The van der Waals surface area contributed by atoms with Crippen LogP contribution in [-0.2, 0) is 0 Å². The zero-order valence-corrected chi connectivity index (χ0v) is 10.7. The molecule has 2 rings (SSSR count). The minimum Gasteiger partial charge on any atom is -0.289 e. The molecule has 17 heavy (non-hydrogen) atoms. The summed E-state index contributed by atoms with van der Waals surface area (Å²) in [4.78, 5) is 16.0. The minimum absolute atomic E-state index is 0.220. The van der Waals surface area contributed by atoms with Crippen LogP contribution in [0.5, 0.6) is 0 Å². The van der Waals surface area contributed by atoms with Crippen molar-refractivity contribution in [3.05, 3.63) is 63.6 Å². The molecule has 0 amide bonds. The number of carbonyl (C=O) groups excluding carboxylic acids is 1. The molecule has 0 fully saturated rings. The molecule has 0 spiro atoms. The Morgan fingerprint density at radius 1 is 1.35 bits per heavy atom. The summed E-state index contributed by atoms with van der Waals surface area (Å²) in [5, 5.41) is 0. The maximum atomic E-state index is 13.3. The van der Waals surface area contributed by atoms with Crippen molar-refractivity contribution in [2.45, 2.75) is 6.92 Å². The van der Waals surface area contributed by atoms with Gasteiger partial charge in [0.25, 0.3) is 0 Å². The Labute approximate surface area is 107 Å². The molecule has 1 heterocycles.